The second kappa shape index (κ2) is 5.11. The van der Waals surface area contributed by atoms with Crippen LogP contribution in [-0.2, 0) is 0 Å². The molecular formula is C11H13N3O2S. The number of H-pyrrole nitrogens is 1. The second-order valence-corrected chi connectivity index (χ2v) is 4.54. The summed E-state index contributed by atoms with van der Waals surface area (Å²) in [7, 11) is 1.64. The number of hydrogen-bond donors (Lipinski definition) is 2. The zero-order valence-corrected chi connectivity index (χ0v) is 10.2. The predicted molar refractivity (Wildman–Crippen MR) is 65.9 cm³/mol. The third-order valence-electron chi connectivity index (χ3n) is 2.37. The van der Waals surface area contributed by atoms with Gasteiger partial charge in [0.1, 0.15) is 0 Å². The number of nitrogens with zero attached hydrogens (tertiary/aromatic N) is 2. The van der Waals surface area contributed by atoms with Gasteiger partial charge in [0.25, 0.3) is 5.91 Å². The summed E-state index contributed by atoms with van der Waals surface area (Å²) in [5.74, 6) is -0.196. The molecule has 2 rings (SSSR count). The molecule has 0 atom stereocenters. The molecule has 5 nitrogen and oxygen atoms in total. The molecule has 6 heteroatoms. The molecule has 0 aliphatic rings. The van der Waals surface area contributed by atoms with Crippen LogP contribution in [0.2, 0.25) is 0 Å². The first kappa shape index (κ1) is 11.8. The van der Waals surface area contributed by atoms with Crippen LogP contribution in [0, 0.1) is 0 Å². The van der Waals surface area contributed by atoms with E-state index in [9.17, 15) is 4.79 Å². The van der Waals surface area contributed by atoms with Gasteiger partial charge in [0, 0.05) is 13.6 Å². The van der Waals surface area contributed by atoms with E-state index in [1.54, 1.807) is 24.5 Å². The van der Waals surface area contributed by atoms with Crippen LogP contribution < -0.4 is 0 Å². The van der Waals surface area contributed by atoms with Crippen molar-refractivity contribution < 1.29 is 9.90 Å². The van der Waals surface area contributed by atoms with Crippen molar-refractivity contribution >= 4 is 17.2 Å². The van der Waals surface area contributed by atoms with Crippen molar-refractivity contribution in [2.24, 2.45) is 0 Å². The Morgan fingerprint density at radius 2 is 2.47 bits per heavy atom. The van der Waals surface area contributed by atoms with E-state index in [0.717, 1.165) is 10.6 Å². The van der Waals surface area contributed by atoms with Gasteiger partial charge in [-0.05, 0) is 17.5 Å². The van der Waals surface area contributed by atoms with Crippen molar-refractivity contribution in [3.8, 4) is 10.6 Å². The zero-order valence-electron chi connectivity index (χ0n) is 9.38. The Kier molecular flexibility index (Phi) is 3.55. The molecule has 90 valence electrons. The van der Waals surface area contributed by atoms with E-state index in [1.165, 1.54) is 4.90 Å². The number of aromatic amines is 1. The zero-order chi connectivity index (χ0) is 12.3. The molecule has 0 aromatic carbocycles. The molecule has 0 aliphatic carbocycles. The first-order valence-electron chi connectivity index (χ1n) is 5.18. The van der Waals surface area contributed by atoms with Crippen molar-refractivity contribution in [3.05, 3.63) is 29.3 Å². The average Bonchev–Trinajstić information content (AvgIpc) is 2.98. The lowest BCUT2D eigenvalue weighted by Gasteiger charge is -2.13. The topological polar surface area (TPSA) is 69.2 Å². The van der Waals surface area contributed by atoms with Crippen LogP contribution in [-0.4, -0.2) is 46.3 Å². The Hall–Kier alpha value is -1.66. The molecule has 2 heterocycles. The number of aliphatic hydroxyl groups excluding tert-OH is 1. The first-order valence-corrected chi connectivity index (χ1v) is 6.06. The molecule has 0 radical (unpaired) electrons. The maximum Gasteiger partial charge on any atom is 0.274 e. The summed E-state index contributed by atoms with van der Waals surface area (Å²) in [5, 5.41) is 17.6. The highest BCUT2D eigenvalue weighted by molar-refractivity contribution is 7.13. The number of likely N-dealkylation sites (N-methyl/N-ethyl adjacent to an activating group) is 1. The van der Waals surface area contributed by atoms with Gasteiger partial charge in [-0.25, -0.2) is 0 Å². The molecule has 2 N–H and O–H groups in total. The first-order chi connectivity index (χ1) is 8.22. The fourth-order valence-corrected chi connectivity index (χ4v) is 2.13. The molecule has 0 bridgehead atoms. The molecule has 0 fully saturated rings. The third-order valence-corrected chi connectivity index (χ3v) is 3.27. The van der Waals surface area contributed by atoms with E-state index in [-0.39, 0.29) is 12.5 Å². The molecule has 0 spiro atoms. The van der Waals surface area contributed by atoms with Gasteiger partial charge >= 0.3 is 0 Å². The van der Waals surface area contributed by atoms with Gasteiger partial charge in [-0.1, -0.05) is 6.07 Å². The van der Waals surface area contributed by atoms with Crippen LogP contribution in [0.3, 0.4) is 0 Å². The minimum absolute atomic E-state index is 0.0511. The second-order valence-electron chi connectivity index (χ2n) is 3.59. The Bertz CT molecular complexity index is 493. The van der Waals surface area contributed by atoms with Crippen LogP contribution in [0.5, 0.6) is 0 Å². The summed E-state index contributed by atoms with van der Waals surface area (Å²) >= 11 is 1.58. The van der Waals surface area contributed by atoms with Crippen LogP contribution in [0.15, 0.2) is 23.6 Å². The lowest BCUT2D eigenvalue weighted by atomic mass is 10.3. The highest BCUT2D eigenvalue weighted by Gasteiger charge is 2.15. The van der Waals surface area contributed by atoms with Crippen molar-refractivity contribution in [1.29, 1.82) is 0 Å². The third kappa shape index (κ3) is 2.54. The predicted octanol–water partition coefficient (Wildman–Crippen LogP) is 1.20. The van der Waals surface area contributed by atoms with Gasteiger partial charge in [0.15, 0.2) is 5.69 Å². The van der Waals surface area contributed by atoms with Crippen molar-refractivity contribution in [3.63, 3.8) is 0 Å². The molecule has 0 aliphatic heterocycles. The molecule has 0 saturated heterocycles. The largest absolute Gasteiger partial charge is 0.395 e. The smallest absolute Gasteiger partial charge is 0.274 e. The number of aromatic nitrogens is 2. The SMILES string of the molecule is CN(CCO)C(=O)c1cc(-c2cccs2)[nH]n1. The summed E-state index contributed by atoms with van der Waals surface area (Å²) < 4.78 is 0. The molecular weight excluding hydrogens is 238 g/mol. The van der Waals surface area contributed by atoms with Crippen LogP contribution in [0.4, 0.5) is 0 Å². The molecule has 0 unspecified atom stereocenters. The quantitative estimate of drug-likeness (QED) is 0.858. The molecule has 17 heavy (non-hydrogen) atoms. The fraction of sp³-hybridized carbons (Fsp3) is 0.273. The summed E-state index contributed by atoms with van der Waals surface area (Å²) in [6.45, 7) is 0.254. The number of rotatable bonds is 4. The van der Waals surface area contributed by atoms with Crippen LogP contribution in [0.25, 0.3) is 10.6 Å². The molecule has 1 amide bonds. The van der Waals surface area contributed by atoms with Gasteiger partial charge in [0.2, 0.25) is 0 Å². The minimum Gasteiger partial charge on any atom is -0.395 e. The number of carbonyl (C=O) groups excluding carboxylic acids is 1. The van der Waals surface area contributed by atoms with E-state index >= 15 is 0 Å². The summed E-state index contributed by atoms with van der Waals surface area (Å²) in [6, 6.07) is 5.63. The van der Waals surface area contributed by atoms with Gasteiger partial charge in [-0.2, -0.15) is 5.10 Å². The Balaban J connectivity index is 2.16. The fourth-order valence-electron chi connectivity index (χ4n) is 1.44. The van der Waals surface area contributed by atoms with E-state index < -0.39 is 0 Å². The Morgan fingerprint density at radius 3 is 3.12 bits per heavy atom. The number of aliphatic hydroxyl groups is 1. The summed E-state index contributed by atoms with van der Waals surface area (Å²) in [6.07, 6.45) is 0. The Labute approximate surface area is 103 Å². The summed E-state index contributed by atoms with van der Waals surface area (Å²) in [4.78, 5) is 14.3. The molecule has 0 saturated carbocycles. The number of carbonyl (C=O) groups is 1. The maximum absolute atomic E-state index is 11.9. The van der Waals surface area contributed by atoms with Gasteiger partial charge in [-0.15, -0.1) is 11.3 Å². The number of amides is 1. The lowest BCUT2D eigenvalue weighted by Crippen LogP contribution is -2.29. The number of thiophene rings is 1. The summed E-state index contributed by atoms with van der Waals surface area (Å²) in [5.41, 5.74) is 1.20. The van der Waals surface area contributed by atoms with Crippen molar-refractivity contribution in [1.82, 2.24) is 15.1 Å². The van der Waals surface area contributed by atoms with Crippen molar-refractivity contribution in [2.45, 2.75) is 0 Å². The Morgan fingerprint density at radius 1 is 1.65 bits per heavy atom. The standard InChI is InChI=1S/C11H13N3O2S/c1-14(4-5-15)11(16)9-7-8(12-13-9)10-3-2-6-17-10/h2-3,6-7,15H,4-5H2,1H3,(H,12,13). The number of hydrogen-bond acceptors (Lipinski definition) is 4. The lowest BCUT2D eigenvalue weighted by molar-refractivity contribution is 0.0761. The number of nitrogens with one attached hydrogen (secondary N) is 1. The van der Waals surface area contributed by atoms with Crippen LogP contribution >= 0.6 is 11.3 Å². The highest BCUT2D eigenvalue weighted by atomic mass is 32.1. The average molecular weight is 251 g/mol. The minimum atomic E-state index is -0.196. The monoisotopic (exact) mass is 251 g/mol. The van der Waals surface area contributed by atoms with Gasteiger partial charge < -0.3 is 10.0 Å². The van der Waals surface area contributed by atoms with Gasteiger partial charge in [-0.3, -0.25) is 9.89 Å². The molecule has 2 aromatic rings. The van der Waals surface area contributed by atoms with Crippen LogP contribution in [0.1, 0.15) is 10.5 Å². The van der Waals surface area contributed by atoms with E-state index in [1.807, 2.05) is 17.5 Å². The van der Waals surface area contributed by atoms with Gasteiger partial charge in [0.05, 0.1) is 17.2 Å². The highest BCUT2D eigenvalue weighted by Crippen LogP contribution is 2.23. The van der Waals surface area contributed by atoms with E-state index in [0.29, 0.717) is 12.2 Å². The van der Waals surface area contributed by atoms with Crippen molar-refractivity contribution in [2.75, 3.05) is 20.2 Å². The normalized spacial score (nSPS) is 10.5. The van der Waals surface area contributed by atoms with E-state index in [2.05, 4.69) is 10.2 Å². The molecule has 2 aromatic heterocycles. The maximum atomic E-state index is 11.9. The van der Waals surface area contributed by atoms with E-state index in [4.69, 9.17) is 5.11 Å².